The molecule has 0 aliphatic rings. The van der Waals surface area contributed by atoms with Gasteiger partial charge in [-0.2, -0.15) is 0 Å². The molecule has 3 aromatic carbocycles. The zero-order valence-corrected chi connectivity index (χ0v) is 10.9. The summed E-state index contributed by atoms with van der Waals surface area (Å²) in [5, 5.41) is 1.94. The van der Waals surface area contributed by atoms with Gasteiger partial charge in [0.25, 0.3) is 0 Å². The minimum absolute atomic E-state index is 0.266. The largest absolute Gasteiger partial charge is 0.497 e. The highest BCUT2D eigenvalue weighted by atomic mass is 19.1. The number of hydrogen-bond donors (Lipinski definition) is 0. The van der Waals surface area contributed by atoms with Crippen LogP contribution < -0.4 is 4.74 Å². The van der Waals surface area contributed by atoms with Gasteiger partial charge in [-0.15, -0.1) is 0 Å². The average molecular weight is 270 g/mol. The predicted octanol–water partition coefficient (Wildman–Crippen LogP) is 4.79. The number of rotatable bonds is 2. The molecule has 0 unspecified atom stereocenters. The van der Waals surface area contributed by atoms with Crippen LogP contribution in [0.25, 0.3) is 21.9 Å². The van der Waals surface area contributed by atoms with Gasteiger partial charge in [-0.1, -0.05) is 18.2 Å². The number of halogens is 2. The first-order valence-corrected chi connectivity index (χ1v) is 6.20. The summed E-state index contributed by atoms with van der Waals surface area (Å²) in [5.41, 5.74) is 0.919. The number of hydrogen-bond acceptors (Lipinski definition) is 1. The Morgan fingerprint density at radius 2 is 1.55 bits per heavy atom. The van der Waals surface area contributed by atoms with Gasteiger partial charge < -0.3 is 4.74 Å². The van der Waals surface area contributed by atoms with E-state index >= 15 is 0 Å². The van der Waals surface area contributed by atoms with Gasteiger partial charge in [0.05, 0.1) is 7.11 Å². The van der Waals surface area contributed by atoms with Crippen molar-refractivity contribution in [2.24, 2.45) is 0 Å². The summed E-state index contributed by atoms with van der Waals surface area (Å²) in [6.07, 6.45) is 0. The van der Waals surface area contributed by atoms with Crippen LogP contribution in [-0.4, -0.2) is 7.11 Å². The molecule has 0 amide bonds. The van der Waals surface area contributed by atoms with Gasteiger partial charge in [0, 0.05) is 5.56 Å². The maximum Gasteiger partial charge on any atom is 0.131 e. The molecule has 0 aliphatic heterocycles. The maximum atomic E-state index is 13.8. The monoisotopic (exact) mass is 270 g/mol. The minimum atomic E-state index is -0.448. The summed E-state index contributed by atoms with van der Waals surface area (Å²) < 4.78 is 32.2. The van der Waals surface area contributed by atoms with Crippen molar-refractivity contribution < 1.29 is 13.5 Å². The number of benzene rings is 3. The molecule has 0 saturated heterocycles. The first-order valence-electron chi connectivity index (χ1n) is 6.20. The molecule has 0 radical (unpaired) electrons. The Balaban J connectivity index is 2.15. The quantitative estimate of drug-likeness (QED) is 0.650. The van der Waals surface area contributed by atoms with E-state index in [4.69, 9.17) is 4.74 Å². The van der Waals surface area contributed by atoms with Crippen LogP contribution in [0, 0.1) is 11.6 Å². The molecular weight excluding hydrogens is 258 g/mol. The van der Waals surface area contributed by atoms with Crippen molar-refractivity contribution in [2.45, 2.75) is 0 Å². The lowest BCUT2D eigenvalue weighted by Crippen LogP contribution is -1.87. The van der Waals surface area contributed by atoms with Gasteiger partial charge >= 0.3 is 0 Å². The summed E-state index contributed by atoms with van der Waals surface area (Å²) in [7, 11) is 1.61. The van der Waals surface area contributed by atoms with Crippen LogP contribution in [0.2, 0.25) is 0 Å². The molecule has 3 heteroatoms. The Labute approximate surface area is 115 Å². The van der Waals surface area contributed by atoms with Crippen LogP contribution in [0.4, 0.5) is 8.78 Å². The third kappa shape index (κ3) is 2.23. The fraction of sp³-hybridized carbons (Fsp3) is 0.0588. The topological polar surface area (TPSA) is 9.23 Å². The van der Waals surface area contributed by atoms with Crippen LogP contribution in [-0.2, 0) is 0 Å². The molecule has 0 fully saturated rings. The summed E-state index contributed by atoms with van der Waals surface area (Å²) in [6, 6.07) is 14.6. The van der Waals surface area contributed by atoms with Crippen LogP contribution >= 0.6 is 0 Å². The van der Waals surface area contributed by atoms with Crippen LogP contribution in [0.5, 0.6) is 5.75 Å². The molecule has 100 valence electrons. The van der Waals surface area contributed by atoms with E-state index in [1.54, 1.807) is 13.2 Å². The molecule has 0 saturated carbocycles. The fourth-order valence-electron chi connectivity index (χ4n) is 2.24. The smallest absolute Gasteiger partial charge is 0.131 e. The first-order chi connectivity index (χ1) is 9.67. The van der Waals surface area contributed by atoms with Crippen molar-refractivity contribution in [1.29, 1.82) is 0 Å². The van der Waals surface area contributed by atoms with E-state index in [1.807, 2.05) is 30.3 Å². The number of ether oxygens (including phenoxy) is 1. The van der Waals surface area contributed by atoms with E-state index in [9.17, 15) is 8.78 Å². The van der Waals surface area contributed by atoms with Crippen molar-refractivity contribution in [3.8, 4) is 16.9 Å². The Bertz CT molecular complexity index is 781. The zero-order chi connectivity index (χ0) is 14.1. The highest BCUT2D eigenvalue weighted by Crippen LogP contribution is 2.29. The maximum absolute atomic E-state index is 13.8. The Kier molecular flexibility index (Phi) is 3.11. The summed E-state index contributed by atoms with van der Waals surface area (Å²) in [5.74, 6) is -0.113. The summed E-state index contributed by atoms with van der Waals surface area (Å²) >= 11 is 0. The highest BCUT2D eigenvalue weighted by molar-refractivity contribution is 5.88. The second-order valence-electron chi connectivity index (χ2n) is 4.55. The van der Waals surface area contributed by atoms with Gasteiger partial charge in [-0.25, -0.2) is 8.78 Å². The van der Waals surface area contributed by atoms with Crippen molar-refractivity contribution in [3.05, 3.63) is 66.2 Å². The van der Waals surface area contributed by atoms with E-state index in [2.05, 4.69) is 0 Å². The average Bonchev–Trinajstić information content (AvgIpc) is 2.48. The van der Waals surface area contributed by atoms with E-state index < -0.39 is 11.6 Å². The van der Waals surface area contributed by atoms with Crippen LogP contribution in [0.3, 0.4) is 0 Å². The standard InChI is InChI=1S/C17H12F2O/c1-20-15-6-4-11-8-13(3-2-12(11)9-15)16-10-14(18)5-7-17(16)19/h2-10H,1H3. The number of methoxy groups -OCH3 is 1. The van der Waals surface area contributed by atoms with E-state index in [1.165, 1.54) is 6.07 Å². The van der Waals surface area contributed by atoms with Gasteiger partial charge in [0.15, 0.2) is 0 Å². The van der Waals surface area contributed by atoms with Crippen molar-refractivity contribution in [1.82, 2.24) is 0 Å². The van der Waals surface area contributed by atoms with Gasteiger partial charge in [-0.05, 0) is 52.7 Å². The third-order valence-corrected chi connectivity index (χ3v) is 3.29. The highest BCUT2D eigenvalue weighted by Gasteiger charge is 2.07. The Hall–Kier alpha value is -2.42. The van der Waals surface area contributed by atoms with Gasteiger partial charge in [-0.3, -0.25) is 0 Å². The zero-order valence-electron chi connectivity index (χ0n) is 10.9. The van der Waals surface area contributed by atoms with E-state index in [0.717, 1.165) is 28.7 Å². The van der Waals surface area contributed by atoms with Crippen molar-refractivity contribution in [2.75, 3.05) is 7.11 Å². The lowest BCUT2D eigenvalue weighted by Gasteiger charge is -2.07. The van der Waals surface area contributed by atoms with Crippen LogP contribution in [0.15, 0.2) is 54.6 Å². The van der Waals surface area contributed by atoms with Crippen molar-refractivity contribution in [3.63, 3.8) is 0 Å². The molecule has 0 bridgehead atoms. The lowest BCUT2D eigenvalue weighted by atomic mass is 10.0. The molecule has 0 atom stereocenters. The molecule has 1 nitrogen and oxygen atoms in total. The first kappa shape index (κ1) is 12.6. The van der Waals surface area contributed by atoms with Crippen molar-refractivity contribution >= 4 is 10.8 Å². The van der Waals surface area contributed by atoms with E-state index in [0.29, 0.717) is 5.56 Å². The molecule has 3 rings (SSSR count). The Morgan fingerprint density at radius 1 is 0.800 bits per heavy atom. The normalized spacial score (nSPS) is 10.8. The van der Waals surface area contributed by atoms with Gasteiger partial charge in [0.2, 0.25) is 0 Å². The second-order valence-corrected chi connectivity index (χ2v) is 4.55. The molecule has 3 aromatic rings. The predicted molar refractivity (Wildman–Crippen MR) is 75.9 cm³/mol. The van der Waals surface area contributed by atoms with E-state index in [-0.39, 0.29) is 5.56 Å². The molecular formula is C17H12F2O. The summed E-state index contributed by atoms with van der Waals surface area (Å²) in [6.45, 7) is 0. The molecule has 0 heterocycles. The SMILES string of the molecule is COc1ccc2cc(-c3cc(F)ccc3F)ccc2c1. The molecule has 0 spiro atoms. The minimum Gasteiger partial charge on any atom is -0.497 e. The molecule has 0 N–H and O–H groups in total. The fourth-order valence-corrected chi connectivity index (χ4v) is 2.24. The number of fused-ring (bicyclic) bond motifs is 1. The summed E-state index contributed by atoms with van der Waals surface area (Å²) in [4.78, 5) is 0. The van der Waals surface area contributed by atoms with Gasteiger partial charge in [0.1, 0.15) is 17.4 Å². The lowest BCUT2D eigenvalue weighted by molar-refractivity contribution is 0.415. The second kappa shape index (κ2) is 4.93. The Morgan fingerprint density at radius 3 is 2.35 bits per heavy atom. The molecule has 0 aliphatic carbocycles. The molecule has 0 aromatic heterocycles. The molecule has 20 heavy (non-hydrogen) atoms. The van der Waals surface area contributed by atoms with Crippen LogP contribution in [0.1, 0.15) is 0 Å². The third-order valence-electron chi connectivity index (χ3n) is 3.29.